The Morgan fingerprint density at radius 2 is 2.27 bits per heavy atom. The lowest BCUT2D eigenvalue weighted by atomic mass is 10.3. The number of amides is 1. The van der Waals surface area contributed by atoms with Gasteiger partial charge in [-0.1, -0.05) is 0 Å². The maximum absolute atomic E-state index is 11.5. The fourth-order valence-electron chi connectivity index (χ4n) is 1.31. The summed E-state index contributed by atoms with van der Waals surface area (Å²) in [5.74, 6) is -0.0481. The Kier molecular flexibility index (Phi) is 2.52. The first-order valence-corrected chi connectivity index (χ1v) is 5.83. The van der Waals surface area contributed by atoms with Crippen molar-refractivity contribution < 1.29 is 4.79 Å². The number of hydrogen-bond acceptors (Lipinski definition) is 4. The predicted octanol–water partition coefficient (Wildman–Crippen LogP) is 0.867. The summed E-state index contributed by atoms with van der Waals surface area (Å²) in [5, 5.41) is 3.77. The van der Waals surface area contributed by atoms with Gasteiger partial charge in [0.25, 0.3) is 0 Å². The Balaban J connectivity index is 1.90. The maximum Gasteiger partial charge on any atom is 0.240 e. The van der Waals surface area contributed by atoms with E-state index in [2.05, 4.69) is 10.3 Å². The summed E-state index contributed by atoms with van der Waals surface area (Å²) in [4.78, 5) is 17.1. The van der Waals surface area contributed by atoms with Crippen LogP contribution in [0.3, 0.4) is 0 Å². The number of carbonyl (C=O) groups excluding carboxylic acids is 1. The molecule has 1 amide bonds. The van der Waals surface area contributed by atoms with Crippen LogP contribution in [0.4, 0.5) is 0 Å². The highest BCUT2D eigenvalue weighted by Crippen LogP contribution is 2.32. The SMILES string of the molecule is Cc1nc(CNC(=O)C2(N)CC2)sc1C. The molecule has 2 rings (SSSR count). The Morgan fingerprint density at radius 3 is 2.73 bits per heavy atom. The fourth-order valence-corrected chi connectivity index (χ4v) is 2.18. The van der Waals surface area contributed by atoms with Crippen LogP contribution in [0.2, 0.25) is 0 Å². The van der Waals surface area contributed by atoms with E-state index in [0.29, 0.717) is 6.54 Å². The van der Waals surface area contributed by atoms with Crippen molar-refractivity contribution in [3.05, 3.63) is 15.6 Å². The van der Waals surface area contributed by atoms with Gasteiger partial charge < -0.3 is 11.1 Å². The molecule has 1 aromatic rings. The van der Waals surface area contributed by atoms with Gasteiger partial charge in [0, 0.05) is 4.88 Å². The molecule has 1 fully saturated rings. The van der Waals surface area contributed by atoms with Crippen molar-refractivity contribution in [3.8, 4) is 0 Å². The summed E-state index contributed by atoms with van der Waals surface area (Å²) in [5.41, 5.74) is 6.22. The molecule has 15 heavy (non-hydrogen) atoms. The van der Waals surface area contributed by atoms with Gasteiger partial charge in [0.05, 0.1) is 17.8 Å². The van der Waals surface area contributed by atoms with E-state index in [9.17, 15) is 4.79 Å². The van der Waals surface area contributed by atoms with E-state index in [1.54, 1.807) is 11.3 Å². The smallest absolute Gasteiger partial charge is 0.240 e. The van der Waals surface area contributed by atoms with Gasteiger partial charge in [0.1, 0.15) is 5.01 Å². The minimum absolute atomic E-state index is 0.0481. The number of thiazole rings is 1. The van der Waals surface area contributed by atoms with Crippen LogP contribution in [0, 0.1) is 13.8 Å². The van der Waals surface area contributed by atoms with Crippen LogP contribution >= 0.6 is 11.3 Å². The molecule has 82 valence electrons. The molecule has 1 aromatic heterocycles. The highest BCUT2D eigenvalue weighted by Gasteiger charge is 2.45. The summed E-state index contributed by atoms with van der Waals surface area (Å²) >= 11 is 1.62. The van der Waals surface area contributed by atoms with Gasteiger partial charge in [-0.3, -0.25) is 4.79 Å². The molecule has 0 atom stereocenters. The molecular formula is C10H15N3OS. The largest absolute Gasteiger partial charge is 0.348 e. The van der Waals surface area contributed by atoms with Crippen LogP contribution in [0.15, 0.2) is 0 Å². The maximum atomic E-state index is 11.5. The second-order valence-electron chi connectivity index (χ2n) is 4.09. The average molecular weight is 225 g/mol. The summed E-state index contributed by atoms with van der Waals surface area (Å²) < 4.78 is 0. The van der Waals surface area contributed by atoms with Crippen molar-refractivity contribution >= 4 is 17.2 Å². The first-order chi connectivity index (χ1) is 7.01. The number of nitrogens with zero attached hydrogens (tertiary/aromatic N) is 1. The number of hydrogen-bond donors (Lipinski definition) is 2. The molecule has 0 saturated heterocycles. The van der Waals surface area contributed by atoms with E-state index in [-0.39, 0.29) is 5.91 Å². The molecule has 0 aromatic carbocycles. The molecule has 0 aliphatic heterocycles. The Morgan fingerprint density at radius 1 is 1.60 bits per heavy atom. The Bertz CT molecular complexity index is 376. The van der Waals surface area contributed by atoms with E-state index in [4.69, 9.17) is 5.73 Å². The molecule has 1 aliphatic carbocycles. The molecule has 0 unspecified atom stereocenters. The van der Waals surface area contributed by atoms with Crippen LogP contribution in [0.25, 0.3) is 0 Å². The van der Waals surface area contributed by atoms with E-state index in [1.165, 1.54) is 4.88 Å². The van der Waals surface area contributed by atoms with Gasteiger partial charge in [-0.05, 0) is 26.7 Å². The minimum atomic E-state index is -0.582. The van der Waals surface area contributed by atoms with Crippen LogP contribution in [-0.2, 0) is 11.3 Å². The molecule has 1 heterocycles. The van der Waals surface area contributed by atoms with Gasteiger partial charge in [-0.25, -0.2) is 4.98 Å². The number of aryl methyl sites for hydroxylation is 2. The van der Waals surface area contributed by atoms with E-state index in [0.717, 1.165) is 23.5 Å². The van der Waals surface area contributed by atoms with Crippen LogP contribution in [-0.4, -0.2) is 16.4 Å². The molecule has 0 bridgehead atoms. The molecule has 4 nitrogen and oxygen atoms in total. The zero-order valence-electron chi connectivity index (χ0n) is 8.96. The predicted molar refractivity (Wildman–Crippen MR) is 59.6 cm³/mol. The van der Waals surface area contributed by atoms with Gasteiger partial charge in [-0.15, -0.1) is 11.3 Å². The first kappa shape index (κ1) is 10.6. The third-order valence-corrected chi connectivity index (χ3v) is 3.79. The average Bonchev–Trinajstić information content (AvgIpc) is 2.85. The third-order valence-electron chi connectivity index (χ3n) is 2.71. The van der Waals surface area contributed by atoms with Crippen LogP contribution in [0.1, 0.15) is 28.4 Å². The highest BCUT2D eigenvalue weighted by atomic mass is 32.1. The Labute approximate surface area is 92.9 Å². The van der Waals surface area contributed by atoms with Gasteiger partial charge >= 0.3 is 0 Å². The van der Waals surface area contributed by atoms with Crippen molar-refractivity contribution in [2.45, 2.75) is 38.8 Å². The van der Waals surface area contributed by atoms with Crippen molar-refractivity contribution in [3.63, 3.8) is 0 Å². The number of nitrogens with two attached hydrogens (primary N) is 1. The lowest BCUT2D eigenvalue weighted by molar-refractivity contribution is -0.123. The number of rotatable bonds is 3. The van der Waals surface area contributed by atoms with Crippen LogP contribution in [0.5, 0.6) is 0 Å². The van der Waals surface area contributed by atoms with Gasteiger partial charge in [0.2, 0.25) is 5.91 Å². The molecule has 0 radical (unpaired) electrons. The summed E-state index contributed by atoms with van der Waals surface area (Å²) in [6.45, 7) is 4.50. The molecule has 5 heteroatoms. The van der Waals surface area contributed by atoms with E-state index < -0.39 is 5.54 Å². The van der Waals surface area contributed by atoms with Crippen LogP contribution < -0.4 is 11.1 Å². The van der Waals surface area contributed by atoms with E-state index in [1.807, 2.05) is 13.8 Å². The quantitative estimate of drug-likeness (QED) is 0.802. The van der Waals surface area contributed by atoms with Crippen molar-refractivity contribution in [2.75, 3.05) is 0 Å². The molecular weight excluding hydrogens is 210 g/mol. The lowest BCUT2D eigenvalue weighted by Gasteiger charge is -2.07. The first-order valence-electron chi connectivity index (χ1n) is 5.01. The zero-order chi connectivity index (χ0) is 11.1. The second-order valence-corrected chi connectivity index (χ2v) is 5.38. The highest BCUT2D eigenvalue weighted by molar-refractivity contribution is 7.11. The molecule has 1 saturated carbocycles. The lowest BCUT2D eigenvalue weighted by Crippen LogP contribution is -2.42. The van der Waals surface area contributed by atoms with Gasteiger partial charge in [0.15, 0.2) is 0 Å². The summed E-state index contributed by atoms with van der Waals surface area (Å²) in [7, 11) is 0. The number of nitrogens with one attached hydrogen (secondary N) is 1. The Hall–Kier alpha value is -0.940. The van der Waals surface area contributed by atoms with E-state index >= 15 is 0 Å². The number of aromatic nitrogens is 1. The molecule has 1 aliphatic rings. The second kappa shape index (κ2) is 3.57. The van der Waals surface area contributed by atoms with Crippen molar-refractivity contribution in [1.29, 1.82) is 0 Å². The normalized spacial score (nSPS) is 17.5. The van der Waals surface area contributed by atoms with Gasteiger partial charge in [-0.2, -0.15) is 0 Å². The zero-order valence-corrected chi connectivity index (χ0v) is 9.78. The standard InChI is InChI=1S/C10H15N3OS/c1-6-7(2)15-8(13-6)5-12-9(14)10(11)3-4-10/h3-5,11H2,1-2H3,(H,12,14). The topological polar surface area (TPSA) is 68.0 Å². The molecule has 3 N–H and O–H groups in total. The van der Waals surface area contributed by atoms with Crippen molar-refractivity contribution in [2.24, 2.45) is 5.73 Å². The third kappa shape index (κ3) is 2.18. The summed E-state index contributed by atoms with van der Waals surface area (Å²) in [6, 6.07) is 0. The molecule has 0 spiro atoms. The van der Waals surface area contributed by atoms with Crippen molar-refractivity contribution in [1.82, 2.24) is 10.3 Å². The fraction of sp³-hybridized carbons (Fsp3) is 0.600. The minimum Gasteiger partial charge on any atom is -0.348 e. The monoisotopic (exact) mass is 225 g/mol. The summed E-state index contributed by atoms with van der Waals surface area (Å²) in [6.07, 6.45) is 1.60. The number of carbonyl (C=O) groups is 1.